The summed E-state index contributed by atoms with van der Waals surface area (Å²) in [6.07, 6.45) is 6.48. The van der Waals surface area contributed by atoms with Gasteiger partial charge in [-0.05, 0) is 53.4 Å². The number of likely N-dealkylation sites (tertiary alicyclic amines) is 1. The van der Waals surface area contributed by atoms with Crippen molar-refractivity contribution in [3.63, 3.8) is 0 Å². The van der Waals surface area contributed by atoms with Crippen LogP contribution in [-0.4, -0.2) is 54.5 Å². The van der Waals surface area contributed by atoms with Crippen LogP contribution in [0.15, 0.2) is 18.5 Å². The van der Waals surface area contributed by atoms with E-state index >= 15 is 0 Å². The van der Waals surface area contributed by atoms with Crippen LogP contribution in [0.3, 0.4) is 0 Å². The SMILES string of the molecule is CC(C)(O)c1cnc(Nc2cc(C3CCC(OC(=O)N4CCC4(C)C)C3)[nH]n2)cn1. The Hall–Kier alpha value is -2.68. The molecule has 9 heteroatoms. The van der Waals surface area contributed by atoms with Gasteiger partial charge in [-0.3, -0.25) is 10.1 Å². The van der Waals surface area contributed by atoms with E-state index in [0.717, 1.165) is 37.9 Å². The normalized spacial score (nSPS) is 23.2. The fourth-order valence-electron chi connectivity index (χ4n) is 3.99. The number of anilines is 2. The van der Waals surface area contributed by atoms with Gasteiger partial charge in [0, 0.05) is 29.8 Å². The zero-order chi connectivity index (χ0) is 21.5. The van der Waals surface area contributed by atoms with Gasteiger partial charge in [-0.2, -0.15) is 5.10 Å². The van der Waals surface area contributed by atoms with Crippen LogP contribution >= 0.6 is 0 Å². The molecule has 1 aliphatic heterocycles. The lowest BCUT2D eigenvalue weighted by Gasteiger charge is -2.47. The topological polar surface area (TPSA) is 116 Å². The third kappa shape index (κ3) is 4.26. The van der Waals surface area contributed by atoms with Gasteiger partial charge < -0.3 is 20.1 Å². The highest BCUT2D eigenvalue weighted by atomic mass is 16.6. The third-order valence-corrected chi connectivity index (χ3v) is 6.12. The summed E-state index contributed by atoms with van der Waals surface area (Å²) in [5.41, 5.74) is 0.400. The summed E-state index contributed by atoms with van der Waals surface area (Å²) in [5.74, 6) is 1.48. The highest BCUT2D eigenvalue weighted by Gasteiger charge is 2.41. The molecule has 2 aromatic rings. The van der Waals surface area contributed by atoms with Crippen molar-refractivity contribution in [2.75, 3.05) is 11.9 Å². The van der Waals surface area contributed by atoms with Crippen LogP contribution in [0.4, 0.5) is 16.4 Å². The van der Waals surface area contributed by atoms with Gasteiger partial charge in [-0.25, -0.2) is 9.78 Å². The largest absolute Gasteiger partial charge is 0.446 e. The molecule has 2 fully saturated rings. The lowest BCUT2D eigenvalue weighted by molar-refractivity contribution is -0.0101. The van der Waals surface area contributed by atoms with Crippen LogP contribution in [0.5, 0.6) is 0 Å². The number of aliphatic hydroxyl groups is 1. The van der Waals surface area contributed by atoms with E-state index in [0.29, 0.717) is 17.3 Å². The predicted molar refractivity (Wildman–Crippen MR) is 111 cm³/mol. The minimum atomic E-state index is -1.03. The Morgan fingerprint density at radius 2 is 2.10 bits per heavy atom. The van der Waals surface area contributed by atoms with E-state index in [1.54, 1.807) is 26.2 Å². The minimum Gasteiger partial charge on any atom is -0.446 e. The fourth-order valence-corrected chi connectivity index (χ4v) is 3.99. The molecule has 0 spiro atoms. The Balaban J connectivity index is 1.32. The van der Waals surface area contributed by atoms with Gasteiger partial charge in [0.05, 0.1) is 18.1 Å². The van der Waals surface area contributed by atoms with Crippen molar-refractivity contribution in [2.45, 2.75) is 76.5 Å². The van der Waals surface area contributed by atoms with Crippen LogP contribution in [0.25, 0.3) is 0 Å². The molecule has 30 heavy (non-hydrogen) atoms. The van der Waals surface area contributed by atoms with E-state index in [1.165, 1.54) is 0 Å². The second-order valence-corrected chi connectivity index (χ2v) is 9.41. The zero-order valence-electron chi connectivity index (χ0n) is 18.0. The van der Waals surface area contributed by atoms with Crippen LogP contribution in [0.1, 0.15) is 70.7 Å². The molecule has 162 valence electrons. The number of nitrogens with zero attached hydrogens (tertiary/aromatic N) is 4. The van der Waals surface area contributed by atoms with E-state index in [-0.39, 0.29) is 23.7 Å². The van der Waals surface area contributed by atoms with Crippen LogP contribution in [0, 0.1) is 0 Å². The van der Waals surface area contributed by atoms with Crippen molar-refractivity contribution in [1.29, 1.82) is 0 Å². The number of H-pyrrole nitrogens is 1. The van der Waals surface area contributed by atoms with Crippen molar-refractivity contribution in [3.8, 4) is 0 Å². The van der Waals surface area contributed by atoms with Crippen molar-refractivity contribution in [1.82, 2.24) is 25.1 Å². The van der Waals surface area contributed by atoms with Gasteiger partial charge >= 0.3 is 6.09 Å². The molecular formula is C21H30N6O3. The number of amides is 1. The average Bonchev–Trinajstić information content (AvgIpc) is 3.30. The molecule has 2 aromatic heterocycles. The summed E-state index contributed by atoms with van der Waals surface area (Å²) >= 11 is 0. The van der Waals surface area contributed by atoms with E-state index in [1.807, 2.05) is 11.0 Å². The fraction of sp³-hybridized carbons (Fsp3) is 0.619. The van der Waals surface area contributed by atoms with E-state index < -0.39 is 5.60 Å². The predicted octanol–water partition coefficient (Wildman–Crippen LogP) is 3.43. The van der Waals surface area contributed by atoms with Gasteiger partial charge in [0.2, 0.25) is 0 Å². The second-order valence-electron chi connectivity index (χ2n) is 9.41. The molecule has 9 nitrogen and oxygen atoms in total. The Labute approximate surface area is 176 Å². The highest BCUT2D eigenvalue weighted by Crippen LogP contribution is 2.37. The molecule has 3 heterocycles. The summed E-state index contributed by atoms with van der Waals surface area (Å²) in [7, 11) is 0. The number of aromatic nitrogens is 4. The summed E-state index contributed by atoms with van der Waals surface area (Å²) in [5, 5.41) is 20.5. The number of rotatable bonds is 5. The van der Waals surface area contributed by atoms with Crippen LogP contribution in [-0.2, 0) is 10.3 Å². The Morgan fingerprint density at radius 3 is 2.70 bits per heavy atom. The smallest absolute Gasteiger partial charge is 0.410 e. The Morgan fingerprint density at radius 1 is 1.30 bits per heavy atom. The second kappa shape index (κ2) is 7.54. The monoisotopic (exact) mass is 414 g/mol. The molecule has 1 saturated carbocycles. The van der Waals surface area contributed by atoms with Crippen molar-refractivity contribution in [3.05, 3.63) is 29.8 Å². The molecular weight excluding hydrogens is 384 g/mol. The summed E-state index contributed by atoms with van der Waals surface area (Å²) < 4.78 is 5.74. The summed E-state index contributed by atoms with van der Waals surface area (Å²) in [4.78, 5) is 22.7. The molecule has 1 amide bonds. The first kappa shape index (κ1) is 20.6. The van der Waals surface area contributed by atoms with E-state index in [2.05, 4.69) is 39.3 Å². The minimum absolute atomic E-state index is 0.0566. The Bertz CT molecular complexity index is 902. The van der Waals surface area contributed by atoms with Gasteiger partial charge in [-0.1, -0.05) is 0 Å². The molecule has 3 N–H and O–H groups in total. The van der Waals surface area contributed by atoms with Crippen LogP contribution < -0.4 is 5.32 Å². The lowest BCUT2D eigenvalue weighted by Crippen LogP contribution is -2.58. The molecule has 1 saturated heterocycles. The molecule has 2 atom stereocenters. The maximum atomic E-state index is 12.4. The highest BCUT2D eigenvalue weighted by molar-refractivity contribution is 5.70. The standard InChI is InChI=1S/C21H30N6O3/c1-20(2)7-8-27(20)19(28)30-14-6-5-13(9-14)15-10-17(26-25-15)24-18-12-22-16(11-23-18)21(3,4)29/h10-14,29H,5-9H2,1-4H3,(H2,23,24,25,26). The van der Waals surface area contributed by atoms with Gasteiger partial charge in [0.1, 0.15) is 17.5 Å². The molecule has 2 unspecified atom stereocenters. The third-order valence-electron chi connectivity index (χ3n) is 6.12. The first-order valence-electron chi connectivity index (χ1n) is 10.5. The number of hydrogen-bond donors (Lipinski definition) is 3. The Kier molecular flexibility index (Phi) is 5.17. The first-order chi connectivity index (χ1) is 14.1. The first-order valence-corrected chi connectivity index (χ1v) is 10.5. The summed E-state index contributed by atoms with van der Waals surface area (Å²) in [6.45, 7) is 8.24. The molecule has 0 radical (unpaired) electrons. The molecule has 4 rings (SSSR count). The van der Waals surface area contributed by atoms with Gasteiger partial charge in [0.25, 0.3) is 0 Å². The number of carbonyl (C=O) groups is 1. The molecule has 0 aromatic carbocycles. The summed E-state index contributed by atoms with van der Waals surface area (Å²) in [6, 6.07) is 1.96. The van der Waals surface area contributed by atoms with Crippen LogP contribution in [0.2, 0.25) is 0 Å². The quantitative estimate of drug-likeness (QED) is 0.686. The van der Waals surface area contributed by atoms with Crippen molar-refractivity contribution < 1.29 is 14.6 Å². The maximum Gasteiger partial charge on any atom is 0.410 e. The van der Waals surface area contributed by atoms with E-state index in [9.17, 15) is 9.90 Å². The molecule has 1 aliphatic carbocycles. The zero-order valence-corrected chi connectivity index (χ0v) is 18.0. The maximum absolute atomic E-state index is 12.4. The molecule has 2 aliphatic rings. The van der Waals surface area contributed by atoms with Gasteiger partial charge in [0.15, 0.2) is 5.82 Å². The average molecular weight is 415 g/mol. The molecule has 0 bridgehead atoms. The number of nitrogens with one attached hydrogen (secondary N) is 2. The van der Waals surface area contributed by atoms with E-state index in [4.69, 9.17) is 4.74 Å². The van der Waals surface area contributed by atoms with Crippen molar-refractivity contribution in [2.24, 2.45) is 0 Å². The lowest BCUT2D eigenvalue weighted by atomic mass is 9.90. The van der Waals surface area contributed by atoms with Crippen molar-refractivity contribution >= 4 is 17.7 Å². The number of aromatic amines is 1. The van der Waals surface area contributed by atoms with Gasteiger partial charge in [-0.15, -0.1) is 0 Å². The number of hydrogen-bond acceptors (Lipinski definition) is 7. The number of ether oxygens (including phenoxy) is 1. The number of carbonyl (C=O) groups excluding carboxylic acids is 1.